The molecule has 0 bridgehead atoms. The predicted molar refractivity (Wildman–Crippen MR) is 58.6 cm³/mol. The molecule has 0 saturated heterocycles. The number of carbonyl (C=O) groups excluding carboxylic acids is 1. The monoisotopic (exact) mass is 242 g/mol. The molecule has 0 fully saturated rings. The van der Waals surface area contributed by atoms with Crippen molar-refractivity contribution in [1.29, 1.82) is 0 Å². The Morgan fingerprint density at radius 2 is 2.00 bits per heavy atom. The quantitative estimate of drug-likeness (QED) is 0.547. The summed E-state index contributed by atoms with van der Waals surface area (Å²) in [6.45, 7) is 5.70. The molecule has 78 valence electrons. The van der Waals surface area contributed by atoms with E-state index < -0.39 is 12.8 Å². The highest BCUT2D eigenvalue weighted by Crippen LogP contribution is 2.20. The van der Waals surface area contributed by atoms with E-state index in [0.717, 1.165) is 12.8 Å². The topological polar surface area (TPSA) is 26.3 Å². The minimum Gasteiger partial charge on any atom is -0.517 e. The van der Waals surface area contributed by atoms with Crippen LogP contribution in [0.25, 0.3) is 0 Å². The van der Waals surface area contributed by atoms with Crippen molar-refractivity contribution in [3.05, 3.63) is 0 Å². The minimum absolute atomic E-state index is 0.176. The normalized spacial score (nSPS) is 11.8. The summed E-state index contributed by atoms with van der Waals surface area (Å²) in [5.41, 5.74) is 0. The number of hydrogen-bond acceptors (Lipinski definition) is 2. The average molecular weight is 243 g/mol. The third kappa shape index (κ3) is 5.55. The number of alkyl halides is 2. The van der Waals surface area contributed by atoms with Crippen molar-refractivity contribution in [3.8, 4) is 0 Å². The van der Waals surface area contributed by atoms with Crippen LogP contribution in [-0.4, -0.2) is 18.7 Å². The molecule has 0 unspecified atom stereocenters. The lowest BCUT2D eigenvalue weighted by molar-refractivity contribution is -0.135. The van der Waals surface area contributed by atoms with Crippen molar-refractivity contribution < 1.29 is 9.22 Å². The molecule has 0 rings (SSSR count). The molecule has 0 radical (unpaired) electrons. The molecule has 0 N–H and O–H groups in total. The van der Waals surface area contributed by atoms with Crippen molar-refractivity contribution in [2.75, 3.05) is 0 Å². The molecule has 5 heteroatoms. The second-order valence-corrected chi connectivity index (χ2v) is 9.30. The lowest BCUT2D eigenvalue weighted by Gasteiger charge is -2.23. The Labute approximate surface area is 90.7 Å². The first-order valence-corrected chi connectivity index (χ1v) is 8.26. The molecule has 0 aliphatic rings. The molecule has 13 heavy (non-hydrogen) atoms. The molecule has 0 aromatic carbocycles. The second kappa shape index (κ2) is 5.88. The predicted octanol–water partition coefficient (Wildman–Crippen LogP) is 3.27. The molecule has 0 aromatic heterocycles. The van der Waals surface area contributed by atoms with Gasteiger partial charge in [-0.3, -0.25) is 4.79 Å². The number of rotatable bonds is 5. The average Bonchev–Trinajstić information content (AvgIpc) is 1.99. The summed E-state index contributed by atoms with van der Waals surface area (Å²) >= 11 is 11.4. The molecule has 0 saturated carbocycles. The third-order valence-electron chi connectivity index (χ3n) is 1.64. The van der Waals surface area contributed by atoms with Crippen molar-refractivity contribution in [2.45, 2.75) is 43.7 Å². The van der Waals surface area contributed by atoms with Crippen molar-refractivity contribution in [1.82, 2.24) is 0 Å². The van der Waals surface area contributed by atoms with Crippen LogP contribution >= 0.6 is 23.2 Å². The highest BCUT2D eigenvalue weighted by atomic mass is 35.5. The summed E-state index contributed by atoms with van der Waals surface area (Å²) < 4.78 is 4.68. The van der Waals surface area contributed by atoms with Crippen LogP contribution in [0.2, 0.25) is 13.1 Å². The highest BCUT2D eigenvalue weighted by Gasteiger charge is 2.34. The smallest absolute Gasteiger partial charge is 0.292 e. The van der Waals surface area contributed by atoms with Crippen LogP contribution in [0.5, 0.6) is 0 Å². The van der Waals surface area contributed by atoms with Crippen LogP contribution < -0.4 is 0 Å². The van der Waals surface area contributed by atoms with E-state index in [1.807, 2.05) is 20.0 Å². The summed E-state index contributed by atoms with van der Waals surface area (Å²) in [6.07, 6.45) is 2.31. The molecule has 0 aliphatic heterocycles. The molecule has 0 aromatic rings. The lowest BCUT2D eigenvalue weighted by atomic mass is 10.3. The number of hydrogen-bond donors (Lipinski definition) is 0. The van der Waals surface area contributed by atoms with Gasteiger partial charge in [0.2, 0.25) is 0 Å². The molecule has 2 nitrogen and oxygen atoms in total. The summed E-state index contributed by atoms with van der Waals surface area (Å²) in [7, 11) is -2.21. The Kier molecular flexibility index (Phi) is 6.01. The van der Waals surface area contributed by atoms with Crippen LogP contribution in [0.3, 0.4) is 0 Å². The highest BCUT2D eigenvalue weighted by molar-refractivity contribution is 6.88. The number of carbonyl (C=O) groups is 1. The Morgan fingerprint density at radius 1 is 1.46 bits per heavy atom. The van der Waals surface area contributed by atoms with Crippen LogP contribution in [0.4, 0.5) is 0 Å². The van der Waals surface area contributed by atoms with Gasteiger partial charge in [0.15, 0.2) is 0 Å². The third-order valence-corrected chi connectivity index (χ3v) is 6.59. The molecule has 0 amide bonds. The Bertz CT molecular complexity index is 172. The second-order valence-electron chi connectivity index (χ2n) is 3.48. The fourth-order valence-electron chi connectivity index (χ4n) is 0.710. The van der Waals surface area contributed by atoms with Gasteiger partial charge in [-0.2, -0.15) is 0 Å². The zero-order chi connectivity index (χ0) is 10.5. The van der Waals surface area contributed by atoms with Gasteiger partial charge in [0.05, 0.1) is 0 Å². The summed E-state index contributed by atoms with van der Waals surface area (Å²) in [5, 5.41) is 0. The Hall–Kier alpha value is 0.267. The first kappa shape index (κ1) is 13.3. The van der Waals surface area contributed by atoms with Gasteiger partial charge in [0.1, 0.15) is 4.46 Å². The van der Waals surface area contributed by atoms with Crippen LogP contribution in [0, 0.1) is 0 Å². The number of unbranched alkanes of at least 4 members (excludes halogenated alkanes) is 1. The van der Waals surface area contributed by atoms with E-state index in [1.54, 1.807) is 0 Å². The summed E-state index contributed by atoms with van der Waals surface area (Å²) in [6, 6.07) is 0. The Morgan fingerprint density at radius 3 is 2.38 bits per heavy atom. The molecule has 0 atom stereocenters. The lowest BCUT2D eigenvalue weighted by Crippen LogP contribution is -2.40. The van der Waals surface area contributed by atoms with Gasteiger partial charge < -0.3 is 4.43 Å². The Balaban J connectivity index is 3.90. The van der Waals surface area contributed by atoms with Gasteiger partial charge in [0.25, 0.3) is 14.3 Å². The van der Waals surface area contributed by atoms with Gasteiger partial charge in [-0.05, 0) is 19.5 Å². The first-order chi connectivity index (χ1) is 5.90. The molecule has 0 spiro atoms. The number of halogens is 2. The fourth-order valence-corrected chi connectivity index (χ4v) is 1.76. The van der Waals surface area contributed by atoms with E-state index in [1.165, 1.54) is 0 Å². The SMILES string of the molecule is CCCCC(=O)O[Si](C)(C)C(Cl)Cl. The van der Waals surface area contributed by atoms with Gasteiger partial charge in [-0.1, -0.05) is 13.3 Å². The van der Waals surface area contributed by atoms with Crippen LogP contribution in [0.1, 0.15) is 26.2 Å². The molecular weight excluding hydrogens is 227 g/mol. The zero-order valence-corrected chi connectivity index (χ0v) is 10.8. The maximum atomic E-state index is 11.2. The first-order valence-electron chi connectivity index (χ1n) is 4.40. The van der Waals surface area contributed by atoms with E-state index in [-0.39, 0.29) is 5.97 Å². The van der Waals surface area contributed by atoms with Gasteiger partial charge >= 0.3 is 0 Å². The standard InChI is InChI=1S/C8H16Cl2O2Si/c1-4-5-6-7(11)12-13(2,3)8(9)10/h8H,4-6H2,1-3H3. The molecule has 0 heterocycles. The maximum absolute atomic E-state index is 11.2. The molecular formula is C8H16Cl2O2Si. The zero-order valence-electron chi connectivity index (χ0n) is 8.27. The van der Waals surface area contributed by atoms with Crippen molar-refractivity contribution in [2.24, 2.45) is 0 Å². The minimum atomic E-state index is -2.21. The van der Waals surface area contributed by atoms with Crippen molar-refractivity contribution >= 4 is 37.5 Å². The summed E-state index contributed by atoms with van der Waals surface area (Å²) in [4.78, 5) is 11.2. The summed E-state index contributed by atoms with van der Waals surface area (Å²) in [5.74, 6) is -0.176. The fraction of sp³-hybridized carbons (Fsp3) is 0.875. The van der Waals surface area contributed by atoms with Gasteiger partial charge in [-0.25, -0.2) is 0 Å². The van der Waals surface area contributed by atoms with E-state index in [9.17, 15) is 4.79 Å². The van der Waals surface area contributed by atoms with E-state index in [0.29, 0.717) is 6.42 Å². The molecule has 0 aliphatic carbocycles. The van der Waals surface area contributed by atoms with Crippen molar-refractivity contribution in [3.63, 3.8) is 0 Å². The van der Waals surface area contributed by atoms with E-state index >= 15 is 0 Å². The maximum Gasteiger partial charge on any atom is 0.292 e. The largest absolute Gasteiger partial charge is 0.517 e. The van der Waals surface area contributed by atoms with E-state index in [2.05, 4.69) is 0 Å². The van der Waals surface area contributed by atoms with E-state index in [4.69, 9.17) is 27.6 Å². The van der Waals surface area contributed by atoms with Gasteiger partial charge in [-0.15, -0.1) is 23.2 Å². The van der Waals surface area contributed by atoms with Crippen LogP contribution in [0.15, 0.2) is 0 Å². The van der Waals surface area contributed by atoms with Crippen LogP contribution in [-0.2, 0) is 9.22 Å². The van der Waals surface area contributed by atoms with Gasteiger partial charge in [0, 0.05) is 6.42 Å².